The molecule has 3 N–H and O–H groups in total. The highest BCUT2D eigenvalue weighted by Crippen LogP contribution is 2.12. The Morgan fingerprint density at radius 1 is 1.13 bits per heavy atom. The van der Waals surface area contributed by atoms with Gasteiger partial charge in [0.2, 0.25) is 0 Å². The third-order valence-corrected chi connectivity index (χ3v) is 4.57. The van der Waals surface area contributed by atoms with Crippen LogP contribution in [0.3, 0.4) is 0 Å². The third-order valence-electron chi connectivity index (χ3n) is 4.57. The third kappa shape index (κ3) is 9.54. The molecule has 0 aliphatic carbocycles. The molecule has 2 unspecified atom stereocenters. The molecule has 0 aromatic heterocycles. The van der Waals surface area contributed by atoms with Crippen molar-refractivity contribution in [3.05, 3.63) is 65.5 Å². The Kier molecular flexibility index (Phi) is 11.9. The Bertz CT molecular complexity index is 846. The van der Waals surface area contributed by atoms with Crippen molar-refractivity contribution in [2.45, 2.75) is 45.9 Å². The summed E-state index contributed by atoms with van der Waals surface area (Å²) in [6.07, 6.45) is 0.750. The molecule has 0 fully saturated rings. The molecular formula is C23H32FIN4O2. The zero-order valence-corrected chi connectivity index (χ0v) is 20.8. The summed E-state index contributed by atoms with van der Waals surface area (Å²) in [5, 5.41) is 9.41. The van der Waals surface area contributed by atoms with Crippen LogP contribution in [0, 0.1) is 5.82 Å². The number of halogens is 2. The number of nitrogens with one attached hydrogen (secondary N) is 3. The van der Waals surface area contributed by atoms with Crippen molar-refractivity contribution in [1.82, 2.24) is 16.0 Å². The maximum absolute atomic E-state index is 13.0. The number of rotatable bonds is 9. The molecule has 0 aliphatic heterocycles. The number of carbonyl (C=O) groups excluding carboxylic acids is 1. The predicted octanol–water partition coefficient (Wildman–Crippen LogP) is 4.10. The van der Waals surface area contributed by atoms with E-state index in [1.54, 1.807) is 19.2 Å². The van der Waals surface area contributed by atoms with Crippen LogP contribution in [0.25, 0.3) is 0 Å². The van der Waals surface area contributed by atoms with Crippen LogP contribution in [0.15, 0.2) is 53.5 Å². The summed E-state index contributed by atoms with van der Waals surface area (Å²) in [6.45, 7) is 6.99. The first-order chi connectivity index (χ1) is 14.4. The van der Waals surface area contributed by atoms with E-state index in [-0.39, 0.29) is 47.8 Å². The van der Waals surface area contributed by atoms with Gasteiger partial charge < -0.3 is 20.7 Å². The number of amides is 1. The fourth-order valence-electron chi connectivity index (χ4n) is 2.67. The van der Waals surface area contributed by atoms with Crippen molar-refractivity contribution in [3.8, 4) is 5.75 Å². The van der Waals surface area contributed by atoms with Gasteiger partial charge in [-0.05, 0) is 62.2 Å². The lowest BCUT2D eigenvalue weighted by molar-refractivity contribution is 0.0939. The van der Waals surface area contributed by atoms with E-state index in [2.05, 4.69) is 20.9 Å². The Balaban J connectivity index is 0.00000480. The summed E-state index contributed by atoms with van der Waals surface area (Å²) < 4.78 is 18.7. The molecule has 170 valence electrons. The smallest absolute Gasteiger partial charge is 0.251 e. The van der Waals surface area contributed by atoms with Gasteiger partial charge in [0.1, 0.15) is 17.7 Å². The summed E-state index contributed by atoms with van der Waals surface area (Å²) >= 11 is 0. The maximum Gasteiger partial charge on any atom is 0.251 e. The minimum Gasteiger partial charge on any atom is -0.489 e. The highest BCUT2D eigenvalue weighted by atomic mass is 127. The van der Waals surface area contributed by atoms with E-state index in [4.69, 9.17) is 4.74 Å². The Hall–Kier alpha value is -2.36. The summed E-state index contributed by atoms with van der Waals surface area (Å²) in [7, 11) is 1.69. The standard InChI is InChI=1S/C23H31FN4O2.HI/c1-5-16(2)28-22(29)19-8-6-7-18(13-19)15-27-23(25-4)26-14-17(3)30-21-11-9-20(24)10-12-21;/h6-13,16-17H,5,14-15H2,1-4H3,(H,28,29)(H2,25,26,27);1H. The molecule has 0 saturated heterocycles. The first-order valence-electron chi connectivity index (χ1n) is 10.2. The van der Waals surface area contributed by atoms with Crippen molar-refractivity contribution >= 4 is 35.8 Å². The lowest BCUT2D eigenvalue weighted by Crippen LogP contribution is -2.41. The molecule has 8 heteroatoms. The van der Waals surface area contributed by atoms with Crippen LogP contribution in [0.1, 0.15) is 43.1 Å². The molecule has 31 heavy (non-hydrogen) atoms. The first-order valence-corrected chi connectivity index (χ1v) is 10.2. The van der Waals surface area contributed by atoms with Gasteiger partial charge in [0.25, 0.3) is 5.91 Å². The quantitative estimate of drug-likeness (QED) is 0.254. The average molecular weight is 542 g/mol. The summed E-state index contributed by atoms with van der Waals surface area (Å²) in [4.78, 5) is 16.5. The molecule has 0 aliphatic rings. The van der Waals surface area contributed by atoms with Gasteiger partial charge in [0.15, 0.2) is 5.96 Å². The van der Waals surface area contributed by atoms with Crippen molar-refractivity contribution in [3.63, 3.8) is 0 Å². The van der Waals surface area contributed by atoms with Crippen molar-refractivity contribution in [2.24, 2.45) is 4.99 Å². The van der Waals surface area contributed by atoms with Crippen LogP contribution in [-0.4, -0.2) is 37.6 Å². The molecular weight excluding hydrogens is 510 g/mol. The van der Waals surface area contributed by atoms with E-state index < -0.39 is 0 Å². The average Bonchev–Trinajstić information content (AvgIpc) is 2.75. The monoisotopic (exact) mass is 542 g/mol. The van der Waals surface area contributed by atoms with Crippen molar-refractivity contribution in [2.75, 3.05) is 13.6 Å². The van der Waals surface area contributed by atoms with E-state index in [0.29, 0.717) is 30.4 Å². The lowest BCUT2D eigenvalue weighted by Gasteiger charge is -2.18. The summed E-state index contributed by atoms with van der Waals surface area (Å²) in [5.41, 5.74) is 1.62. The van der Waals surface area contributed by atoms with Crippen molar-refractivity contribution in [1.29, 1.82) is 0 Å². The Morgan fingerprint density at radius 2 is 1.84 bits per heavy atom. The van der Waals surface area contributed by atoms with Crippen LogP contribution < -0.4 is 20.7 Å². The summed E-state index contributed by atoms with van der Waals surface area (Å²) in [5.74, 6) is 0.875. The van der Waals surface area contributed by atoms with Gasteiger partial charge in [-0.25, -0.2) is 4.39 Å². The fraction of sp³-hybridized carbons (Fsp3) is 0.391. The minimum atomic E-state index is -0.292. The highest BCUT2D eigenvalue weighted by Gasteiger charge is 2.10. The second-order valence-electron chi connectivity index (χ2n) is 7.17. The van der Waals surface area contributed by atoms with Crippen molar-refractivity contribution < 1.29 is 13.9 Å². The van der Waals surface area contributed by atoms with Gasteiger partial charge in [-0.15, -0.1) is 24.0 Å². The molecule has 6 nitrogen and oxygen atoms in total. The number of hydrogen-bond donors (Lipinski definition) is 3. The molecule has 0 heterocycles. The van der Waals surface area contributed by atoms with E-state index in [0.717, 1.165) is 12.0 Å². The second-order valence-corrected chi connectivity index (χ2v) is 7.17. The first kappa shape index (κ1) is 26.7. The van der Waals surface area contributed by atoms with Crippen LogP contribution in [0.2, 0.25) is 0 Å². The van der Waals surface area contributed by atoms with Gasteiger partial charge in [-0.1, -0.05) is 19.1 Å². The lowest BCUT2D eigenvalue weighted by atomic mass is 10.1. The van der Waals surface area contributed by atoms with E-state index in [1.165, 1.54) is 12.1 Å². The maximum atomic E-state index is 13.0. The van der Waals surface area contributed by atoms with Crippen LogP contribution in [-0.2, 0) is 6.54 Å². The fourth-order valence-corrected chi connectivity index (χ4v) is 2.67. The van der Waals surface area contributed by atoms with Gasteiger partial charge in [-0.3, -0.25) is 9.79 Å². The molecule has 2 aromatic carbocycles. The minimum absolute atomic E-state index is 0. The number of guanidine groups is 1. The molecule has 2 aromatic rings. The number of nitrogens with zero attached hydrogens (tertiary/aromatic N) is 1. The van der Waals surface area contributed by atoms with Gasteiger partial charge >= 0.3 is 0 Å². The van der Waals surface area contributed by atoms with Crippen LogP contribution in [0.4, 0.5) is 4.39 Å². The summed E-state index contributed by atoms with van der Waals surface area (Å²) in [6, 6.07) is 13.6. The molecule has 2 atom stereocenters. The SMILES string of the molecule is CCC(C)NC(=O)c1cccc(CNC(=NC)NCC(C)Oc2ccc(F)cc2)c1.I. The highest BCUT2D eigenvalue weighted by molar-refractivity contribution is 14.0. The van der Waals surface area contributed by atoms with Gasteiger partial charge in [0.05, 0.1) is 6.54 Å². The molecule has 0 radical (unpaired) electrons. The van der Waals surface area contributed by atoms with Crippen LogP contribution in [0.5, 0.6) is 5.75 Å². The zero-order valence-electron chi connectivity index (χ0n) is 18.4. The van der Waals surface area contributed by atoms with Gasteiger partial charge in [-0.2, -0.15) is 0 Å². The number of ether oxygens (including phenoxy) is 1. The predicted molar refractivity (Wildman–Crippen MR) is 134 cm³/mol. The largest absolute Gasteiger partial charge is 0.489 e. The molecule has 0 bridgehead atoms. The number of hydrogen-bond acceptors (Lipinski definition) is 3. The van der Waals surface area contributed by atoms with E-state index in [9.17, 15) is 9.18 Å². The second kappa shape index (κ2) is 13.8. The molecule has 0 saturated carbocycles. The molecule has 1 amide bonds. The Morgan fingerprint density at radius 3 is 2.48 bits per heavy atom. The molecule has 2 rings (SSSR count). The van der Waals surface area contributed by atoms with E-state index in [1.807, 2.05) is 45.0 Å². The topological polar surface area (TPSA) is 74.8 Å². The van der Waals surface area contributed by atoms with E-state index >= 15 is 0 Å². The van der Waals surface area contributed by atoms with Gasteiger partial charge in [0, 0.05) is 25.2 Å². The number of benzene rings is 2. The Labute approximate surface area is 201 Å². The zero-order chi connectivity index (χ0) is 21.9. The van der Waals surface area contributed by atoms with Crippen LogP contribution >= 0.6 is 24.0 Å². The number of aliphatic imine (C=N–C) groups is 1. The number of carbonyl (C=O) groups is 1. The molecule has 0 spiro atoms. The normalized spacial score (nSPS) is 12.9.